The Bertz CT molecular complexity index is 437. The highest BCUT2D eigenvalue weighted by atomic mass is 16.5. The second kappa shape index (κ2) is 5.95. The summed E-state index contributed by atoms with van der Waals surface area (Å²) in [6.07, 6.45) is 1.59. The van der Waals surface area contributed by atoms with Crippen LogP contribution < -0.4 is 9.64 Å². The Morgan fingerprint density at radius 3 is 2.63 bits per heavy atom. The molecule has 1 aromatic carbocycles. The Labute approximate surface area is 114 Å². The molecule has 0 atom stereocenters. The van der Waals surface area contributed by atoms with Crippen molar-refractivity contribution in [1.82, 2.24) is 0 Å². The molecule has 0 amide bonds. The summed E-state index contributed by atoms with van der Waals surface area (Å²) in [5.41, 5.74) is 1.11. The minimum absolute atomic E-state index is 0.160. The van der Waals surface area contributed by atoms with Crippen molar-refractivity contribution in [3.63, 3.8) is 0 Å². The van der Waals surface area contributed by atoms with Crippen molar-refractivity contribution >= 4 is 11.7 Å². The maximum atomic E-state index is 10.9. The van der Waals surface area contributed by atoms with Crippen LogP contribution >= 0.6 is 0 Å². The summed E-state index contributed by atoms with van der Waals surface area (Å²) in [4.78, 5) is 13.2. The van der Waals surface area contributed by atoms with Gasteiger partial charge in [-0.3, -0.25) is 4.79 Å². The number of nitrogens with zero attached hydrogens (tertiary/aromatic N) is 1. The van der Waals surface area contributed by atoms with Crippen molar-refractivity contribution in [2.24, 2.45) is 5.92 Å². The number of aliphatic carboxylic acids is 1. The molecule has 1 aliphatic rings. The number of hydrogen-bond acceptors (Lipinski definition) is 3. The molecule has 104 valence electrons. The predicted molar refractivity (Wildman–Crippen MR) is 74.8 cm³/mol. The van der Waals surface area contributed by atoms with E-state index in [9.17, 15) is 4.79 Å². The van der Waals surface area contributed by atoms with Crippen LogP contribution in [0.2, 0.25) is 0 Å². The van der Waals surface area contributed by atoms with Crippen LogP contribution in [0, 0.1) is 5.92 Å². The average molecular weight is 263 g/mol. The lowest BCUT2D eigenvalue weighted by atomic mass is 9.97. The lowest BCUT2D eigenvalue weighted by Crippen LogP contribution is -2.36. The van der Waals surface area contributed by atoms with Crippen LogP contribution in [0.4, 0.5) is 5.69 Å². The first-order valence-electron chi connectivity index (χ1n) is 6.80. The van der Waals surface area contributed by atoms with Gasteiger partial charge in [0.1, 0.15) is 5.75 Å². The van der Waals surface area contributed by atoms with Crippen molar-refractivity contribution in [1.29, 1.82) is 0 Å². The number of benzene rings is 1. The molecule has 0 aliphatic carbocycles. The van der Waals surface area contributed by atoms with Gasteiger partial charge in [-0.05, 0) is 38.8 Å². The van der Waals surface area contributed by atoms with Crippen molar-refractivity contribution in [3.8, 4) is 5.75 Å². The van der Waals surface area contributed by atoms with Gasteiger partial charge in [-0.1, -0.05) is 6.07 Å². The van der Waals surface area contributed by atoms with Gasteiger partial charge in [0, 0.05) is 24.8 Å². The zero-order valence-corrected chi connectivity index (χ0v) is 11.5. The van der Waals surface area contributed by atoms with E-state index in [0.717, 1.165) is 24.5 Å². The summed E-state index contributed by atoms with van der Waals surface area (Å²) in [5.74, 6) is 0.00995. The van der Waals surface area contributed by atoms with Crippen molar-refractivity contribution < 1.29 is 14.6 Å². The van der Waals surface area contributed by atoms with Gasteiger partial charge in [0.05, 0.1) is 12.0 Å². The average Bonchev–Trinajstić information content (AvgIpc) is 2.38. The first-order valence-corrected chi connectivity index (χ1v) is 6.80. The monoisotopic (exact) mass is 263 g/mol. The summed E-state index contributed by atoms with van der Waals surface area (Å²) >= 11 is 0. The molecule has 1 saturated heterocycles. The molecule has 1 N–H and O–H groups in total. The normalized spacial score (nSPS) is 16.7. The van der Waals surface area contributed by atoms with Gasteiger partial charge >= 0.3 is 5.97 Å². The van der Waals surface area contributed by atoms with Crippen LogP contribution in [0.1, 0.15) is 26.7 Å². The molecule has 1 heterocycles. The molecular formula is C15H21NO3. The first kappa shape index (κ1) is 13.7. The van der Waals surface area contributed by atoms with E-state index < -0.39 is 5.97 Å². The Kier molecular flexibility index (Phi) is 4.30. The topological polar surface area (TPSA) is 49.8 Å². The SMILES string of the molecule is CC(C)Oc1cccc(N2CCC(C(=O)O)CC2)c1. The van der Waals surface area contributed by atoms with Gasteiger partial charge in [-0.15, -0.1) is 0 Å². The molecule has 0 bridgehead atoms. The molecule has 0 saturated carbocycles. The standard InChI is InChI=1S/C15H21NO3/c1-11(2)19-14-5-3-4-13(10-14)16-8-6-12(7-9-16)15(17)18/h3-5,10-12H,6-9H2,1-2H3,(H,17,18). The third-order valence-electron chi connectivity index (χ3n) is 3.40. The predicted octanol–water partition coefficient (Wildman–Crippen LogP) is 2.77. The van der Waals surface area contributed by atoms with E-state index in [1.807, 2.05) is 38.1 Å². The van der Waals surface area contributed by atoms with Crippen LogP contribution in [0.3, 0.4) is 0 Å². The number of hydrogen-bond donors (Lipinski definition) is 1. The number of carboxylic acid groups (broad SMARTS) is 1. The highest BCUT2D eigenvalue weighted by Gasteiger charge is 2.24. The summed E-state index contributed by atoms with van der Waals surface area (Å²) < 4.78 is 5.68. The smallest absolute Gasteiger partial charge is 0.306 e. The van der Waals surface area contributed by atoms with Crippen LogP contribution in [-0.2, 0) is 4.79 Å². The van der Waals surface area contributed by atoms with Crippen LogP contribution in [-0.4, -0.2) is 30.3 Å². The highest BCUT2D eigenvalue weighted by Crippen LogP contribution is 2.26. The van der Waals surface area contributed by atoms with E-state index in [0.29, 0.717) is 12.8 Å². The summed E-state index contributed by atoms with van der Waals surface area (Å²) in [5, 5.41) is 9.00. The van der Waals surface area contributed by atoms with Crippen molar-refractivity contribution in [2.45, 2.75) is 32.8 Å². The number of anilines is 1. The molecule has 0 radical (unpaired) electrons. The third-order valence-corrected chi connectivity index (χ3v) is 3.40. The first-order chi connectivity index (χ1) is 9.06. The maximum absolute atomic E-state index is 10.9. The quantitative estimate of drug-likeness (QED) is 0.907. The van der Waals surface area contributed by atoms with E-state index in [4.69, 9.17) is 9.84 Å². The Morgan fingerprint density at radius 2 is 2.05 bits per heavy atom. The molecule has 0 aromatic heterocycles. The number of carbonyl (C=O) groups is 1. The highest BCUT2D eigenvalue weighted by molar-refractivity contribution is 5.70. The number of rotatable bonds is 4. The van der Waals surface area contributed by atoms with E-state index in [1.165, 1.54) is 0 Å². The molecule has 2 rings (SSSR count). The van der Waals surface area contributed by atoms with Gasteiger partial charge < -0.3 is 14.7 Å². The van der Waals surface area contributed by atoms with Gasteiger partial charge in [-0.25, -0.2) is 0 Å². The molecule has 4 heteroatoms. The summed E-state index contributed by atoms with van der Waals surface area (Å²) in [6.45, 7) is 5.60. The van der Waals surface area contributed by atoms with Gasteiger partial charge in [0.25, 0.3) is 0 Å². The largest absolute Gasteiger partial charge is 0.491 e. The fourth-order valence-electron chi connectivity index (χ4n) is 2.41. The molecule has 1 aliphatic heterocycles. The fourth-order valence-corrected chi connectivity index (χ4v) is 2.41. The van der Waals surface area contributed by atoms with Gasteiger partial charge in [0.15, 0.2) is 0 Å². The van der Waals surface area contributed by atoms with E-state index >= 15 is 0 Å². The zero-order chi connectivity index (χ0) is 13.8. The Morgan fingerprint density at radius 1 is 1.37 bits per heavy atom. The van der Waals surface area contributed by atoms with Gasteiger partial charge in [-0.2, -0.15) is 0 Å². The van der Waals surface area contributed by atoms with Crippen molar-refractivity contribution in [2.75, 3.05) is 18.0 Å². The minimum atomic E-state index is -0.670. The van der Waals surface area contributed by atoms with Crippen LogP contribution in [0.25, 0.3) is 0 Å². The Balaban J connectivity index is 2.01. The molecule has 4 nitrogen and oxygen atoms in total. The lowest BCUT2D eigenvalue weighted by Gasteiger charge is -2.32. The molecule has 1 aromatic rings. The molecule has 0 spiro atoms. The number of carboxylic acids is 1. The van der Waals surface area contributed by atoms with E-state index in [-0.39, 0.29) is 12.0 Å². The maximum Gasteiger partial charge on any atom is 0.306 e. The Hall–Kier alpha value is -1.71. The summed E-state index contributed by atoms with van der Waals surface area (Å²) in [6, 6.07) is 8.01. The summed E-state index contributed by atoms with van der Waals surface area (Å²) in [7, 11) is 0. The lowest BCUT2D eigenvalue weighted by molar-refractivity contribution is -0.142. The third kappa shape index (κ3) is 3.63. The van der Waals surface area contributed by atoms with Gasteiger partial charge in [0.2, 0.25) is 0 Å². The number of ether oxygens (including phenoxy) is 1. The molecule has 19 heavy (non-hydrogen) atoms. The second-order valence-corrected chi connectivity index (χ2v) is 5.26. The molecular weight excluding hydrogens is 242 g/mol. The van der Waals surface area contributed by atoms with Crippen LogP contribution in [0.5, 0.6) is 5.75 Å². The molecule has 0 unspecified atom stereocenters. The van der Waals surface area contributed by atoms with Crippen LogP contribution in [0.15, 0.2) is 24.3 Å². The minimum Gasteiger partial charge on any atom is -0.491 e. The second-order valence-electron chi connectivity index (χ2n) is 5.26. The fraction of sp³-hybridized carbons (Fsp3) is 0.533. The zero-order valence-electron chi connectivity index (χ0n) is 11.5. The van der Waals surface area contributed by atoms with E-state index in [2.05, 4.69) is 4.90 Å². The number of piperidine rings is 1. The van der Waals surface area contributed by atoms with E-state index in [1.54, 1.807) is 0 Å². The molecule has 1 fully saturated rings. The van der Waals surface area contributed by atoms with Crippen molar-refractivity contribution in [3.05, 3.63) is 24.3 Å².